The quantitative estimate of drug-likeness (QED) is 0.624. The highest BCUT2D eigenvalue weighted by molar-refractivity contribution is 4.80. The molecule has 17 heavy (non-hydrogen) atoms. The van der Waals surface area contributed by atoms with Crippen LogP contribution in [0.3, 0.4) is 0 Å². The van der Waals surface area contributed by atoms with E-state index in [9.17, 15) is 0 Å². The molecule has 1 saturated heterocycles. The summed E-state index contributed by atoms with van der Waals surface area (Å²) in [6.45, 7) is 9.75. The second kappa shape index (κ2) is 7.31. The molecule has 1 heterocycles. The Morgan fingerprint density at radius 1 is 1.00 bits per heavy atom. The molecule has 0 amide bonds. The molecule has 1 aliphatic carbocycles. The van der Waals surface area contributed by atoms with E-state index in [1.807, 2.05) is 0 Å². The zero-order chi connectivity index (χ0) is 11.9. The summed E-state index contributed by atoms with van der Waals surface area (Å²) in [7, 11) is 0. The first-order chi connectivity index (χ1) is 8.38. The van der Waals surface area contributed by atoms with E-state index in [0.717, 1.165) is 18.9 Å². The number of nitrogens with two attached hydrogens (primary N) is 1. The van der Waals surface area contributed by atoms with Crippen LogP contribution in [0.2, 0.25) is 0 Å². The first kappa shape index (κ1) is 13.3. The van der Waals surface area contributed by atoms with Crippen molar-refractivity contribution in [3.05, 3.63) is 0 Å². The van der Waals surface area contributed by atoms with Gasteiger partial charge in [0.25, 0.3) is 0 Å². The van der Waals surface area contributed by atoms with Gasteiger partial charge in [-0.2, -0.15) is 0 Å². The molecule has 0 atom stereocenters. The lowest BCUT2D eigenvalue weighted by molar-refractivity contribution is 0.100. The first-order valence-electron chi connectivity index (χ1n) is 7.11. The number of nitrogens with zero attached hydrogens (tertiary/aromatic N) is 2. The normalized spacial score (nSPS) is 23.1. The summed E-state index contributed by atoms with van der Waals surface area (Å²) in [5.74, 6) is 1.03. The van der Waals surface area contributed by atoms with Crippen molar-refractivity contribution < 1.29 is 4.74 Å². The maximum atomic E-state index is 5.39. The number of ether oxygens (including phenoxy) is 1. The highest BCUT2D eigenvalue weighted by Crippen LogP contribution is 2.29. The van der Waals surface area contributed by atoms with Gasteiger partial charge in [0.2, 0.25) is 0 Å². The third-order valence-corrected chi connectivity index (χ3v) is 3.70. The molecule has 0 bridgehead atoms. The lowest BCUT2D eigenvalue weighted by Crippen LogP contribution is -2.47. The third-order valence-electron chi connectivity index (χ3n) is 3.70. The fourth-order valence-electron chi connectivity index (χ4n) is 2.44. The summed E-state index contributed by atoms with van der Waals surface area (Å²) in [6.07, 6.45) is 4.08. The average Bonchev–Trinajstić information content (AvgIpc) is 3.15. The summed E-state index contributed by atoms with van der Waals surface area (Å²) in [4.78, 5) is 5.20. The maximum Gasteiger partial charge on any atom is 0.0588 e. The van der Waals surface area contributed by atoms with Crippen LogP contribution in [0.15, 0.2) is 0 Å². The molecule has 1 saturated carbocycles. The summed E-state index contributed by atoms with van der Waals surface area (Å²) in [6, 6.07) is 0. The average molecular weight is 241 g/mol. The minimum atomic E-state index is 0.639. The van der Waals surface area contributed by atoms with Crippen molar-refractivity contribution in [1.82, 2.24) is 9.80 Å². The lowest BCUT2D eigenvalue weighted by atomic mass is 10.2. The van der Waals surface area contributed by atoms with E-state index in [1.54, 1.807) is 0 Å². The molecule has 2 N–H and O–H groups in total. The van der Waals surface area contributed by atoms with Gasteiger partial charge in [0, 0.05) is 52.4 Å². The Labute approximate surface area is 105 Å². The monoisotopic (exact) mass is 241 g/mol. The Balaban J connectivity index is 1.46. The summed E-state index contributed by atoms with van der Waals surface area (Å²) < 4.78 is 5.39. The van der Waals surface area contributed by atoms with Crippen LogP contribution in [-0.4, -0.2) is 68.8 Å². The Hall–Kier alpha value is -0.160. The minimum Gasteiger partial charge on any atom is -0.380 e. The van der Waals surface area contributed by atoms with E-state index >= 15 is 0 Å². The summed E-state index contributed by atoms with van der Waals surface area (Å²) in [5, 5.41) is 0. The smallest absolute Gasteiger partial charge is 0.0588 e. The van der Waals surface area contributed by atoms with E-state index in [-0.39, 0.29) is 0 Å². The number of hydrogen-bond acceptors (Lipinski definition) is 4. The van der Waals surface area contributed by atoms with E-state index in [1.165, 1.54) is 52.1 Å². The summed E-state index contributed by atoms with van der Waals surface area (Å²) in [5.41, 5.74) is 5.37. The van der Waals surface area contributed by atoms with Crippen molar-refractivity contribution in [1.29, 1.82) is 0 Å². The molecule has 0 aromatic rings. The molecule has 0 aromatic carbocycles. The molecule has 0 radical (unpaired) electrons. The van der Waals surface area contributed by atoms with Gasteiger partial charge in [-0.25, -0.2) is 0 Å². The molecule has 4 heteroatoms. The molecule has 0 spiro atoms. The fraction of sp³-hybridized carbons (Fsp3) is 1.00. The van der Waals surface area contributed by atoms with E-state index < -0.39 is 0 Å². The Kier molecular flexibility index (Phi) is 5.71. The third kappa shape index (κ3) is 5.34. The van der Waals surface area contributed by atoms with Crippen LogP contribution < -0.4 is 5.73 Å². The largest absolute Gasteiger partial charge is 0.380 e. The van der Waals surface area contributed by atoms with Crippen LogP contribution in [0.1, 0.15) is 19.3 Å². The van der Waals surface area contributed by atoms with Gasteiger partial charge in [0.15, 0.2) is 0 Å². The van der Waals surface area contributed by atoms with Gasteiger partial charge < -0.3 is 20.3 Å². The van der Waals surface area contributed by atoms with Gasteiger partial charge in [-0.05, 0) is 25.2 Å². The molecule has 100 valence electrons. The van der Waals surface area contributed by atoms with Crippen molar-refractivity contribution in [3.8, 4) is 0 Å². The molecule has 2 fully saturated rings. The molecule has 4 nitrogen and oxygen atoms in total. The highest BCUT2D eigenvalue weighted by atomic mass is 16.5. The molecule has 0 unspecified atom stereocenters. The molecule has 1 aliphatic heterocycles. The zero-order valence-corrected chi connectivity index (χ0v) is 10.9. The van der Waals surface area contributed by atoms with Crippen molar-refractivity contribution >= 4 is 0 Å². The SMILES string of the molecule is NCCOCCCN1CCN(CC2CC2)CC1. The summed E-state index contributed by atoms with van der Waals surface area (Å²) >= 11 is 0. The van der Waals surface area contributed by atoms with E-state index in [2.05, 4.69) is 9.80 Å². The van der Waals surface area contributed by atoms with Gasteiger partial charge in [-0.3, -0.25) is 0 Å². The van der Waals surface area contributed by atoms with Crippen molar-refractivity contribution in [2.24, 2.45) is 11.7 Å². The van der Waals surface area contributed by atoms with Crippen LogP contribution in [0, 0.1) is 5.92 Å². The molecular formula is C13H27N3O. The highest BCUT2D eigenvalue weighted by Gasteiger charge is 2.26. The molecule has 0 aromatic heterocycles. The number of piperazine rings is 1. The predicted molar refractivity (Wildman–Crippen MR) is 70.1 cm³/mol. The second-order valence-corrected chi connectivity index (χ2v) is 5.34. The van der Waals surface area contributed by atoms with Gasteiger partial charge in [-0.1, -0.05) is 0 Å². The predicted octanol–water partition coefficient (Wildman–Crippen LogP) is 0.379. The second-order valence-electron chi connectivity index (χ2n) is 5.34. The van der Waals surface area contributed by atoms with E-state index in [0.29, 0.717) is 13.2 Å². The van der Waals surface area contributed by atoms with Crippen LogP contribution in [0.5, 0.6) is 0 Å². The van der Waals surface area contributed by atoms with Crippen LogP contribution in [0.25, 0.3) is 0 Å². The molecular weight excluding hydrogens is 214 g/mol. The zero-order valence-electron chi connectivity index (χ0n) is 10.9. The Bertz CT molecular complexity index is 201. The fourth-order valence-corrected chi connectivity index (χ4v) is 2.44. The van der Waals surface area contributed by atoms with Crippen LogP contribution in [0.4, 0.5) is 0 Å². The Morgan fingerprint density at radius 3 is 2.35 bits per heavy atom. The molecule has 2 aliphatic rings. The van der Waals surface area contributed by atoms with E-state index in [4.69, 9.17) is 10.5 Å². The standard InChI is InChI=1S/C13H27N3O/c14-4-11-17-10-1-5-15-6-8-16(9-7-15)12-13-2-3-13/h13H,1-12,14H2. The van der Waals surface area contributed by atoms with Crippen molar-refractivity contribution in [2.45, 2.75) is 19.3 Å². The lowest BCUT2D eigenvalue weighted by Gasteiger charge is -2.34. The topological polar surface area (TPSA) is 41.7 Å². The Morgan fingerprint density at radius 2 is 1.71 bits per heavy atom. The maximum absolute atomic E-state index is 5.39. The number of hydrogen-bond donors (Lipinski definition) is 1. The van der Waals surface area contributed by atoms with Gasteiger partial charge in [0.05, 0.1) is 6.61 Å². The van der Waals surface area contributed by atoms with Crippen LogP contribution >= 0.6 is 0 Å². The van der Waals surface area contributed by atoms with Gasteiger partial charge >= 0.3 is 0 Å². The number of rotatable bonds is 8. The molecule has 2 rings (SSSR count). The van der Waals surface area contributed by atoms with Gasteiger partial charge in [0.1, 0.15) is 0 Å². The van der Waals surface area contributed by atoms with Crippen LogP contribution in [-0.2, 0) is 4.74 Å². The first-order valence-corrected chi connectivity index (χ1v) is 7.11. The van der Waals surface area contributed by atoms with Gasteiger partial charge in [-0.15, -0.1) is 0 Å². The minimum absolute atomic E-state index is 0.639. The van der Waals surface area contributed by atoms with Crippen molar-refractivity contribution in [3.63, 3.8) is 0 Å². The van der Waals surface area contributed by atoms with Crippen molar-refractivity contribution in [2.75, 3.05) is 59.0 Å².